The van der Waals surface area contributed by atoms with Crippen LogP contribution < -0.4 is 21.1 Å². The first-order chi connectivity index (χ1) is 14.9. The smallest absolute Gasteiger partial charge is 0.307 e. The van der Waals surface area contributed by atoms with E-state index in [2.05, 4.69) is 15.6 Å². The van der Waals surface area contributed by atoms with Gasteiger partial charge in [-0.15, -0.1) is 0 Å². The highest BCUT2D eigenvalue weighted by Gasteiger charge is 2.20. The quantitative estimate of drug-likeness (QED) is 0.278. The molecule has 0 spiro atoms. The average Bonchev–Trinajstić information content (AvgIpc) is 2.75. The minimum atomic E-state index is -1.02. The lowest BCUT2D eigenvalue weighted by molar-refractivity contribution is -0.138. The van der Waals surface area contributed by atoms with Gasteiger partial charge in [0.25, 0.3) is 5.91 Å². The summed E-state index contributed by atoms with van der Waals surface area (Å²) < 4.78 is 5.96. The van der Waals surface area contributed by atoms with Crippen molar-refractivity contribution < 1.29 is 19.4 Å². The largest absolute Gasteiger partial charge is 0.483 e. The lowest BCUT2D eigenvalue weighted by Crippen LogP contribution is -2.20. The molecule has 1 unspecified atom stereocenters. The molecule has 0 saturated heterocycles. The van der Waals surface area contributed by atoms with Gasteiger partial charge in [-0.3, -0.25) is 20.0 Å². The molecule has 0 saturated carbocycles. The van der Waals surface area contributed by atoms with Gasteiger partial charge in [-0.1, -0.05) is 18.2 Å². The summed E-state index contributed by atoms with van der Waals surface area (Å²) >= 11 is 0. The lowest BCUT2D eigenvalue weighted by atomic mass is 10.1. The highest BCUT2D eigenvalue weighted by Crippen LogP contribution is 2.31. The fourth-order valence-corrected chi connectivity index (χ4v) is 2.83. The maximum atomic E-state index is 12.7. The first-order valence-electron chi connectivity index (χ1n) is 9.32. The number of rotatable bonds is 8. The first kappa shape index (κ1) is 21.3. The number of carboxylic acids is 1. The average molecular weight is 419 g/mol. The van der Waals surface area contributed by atoms with E-state index < -0.39 is 12.1 Å². The number of nitrogens with zero attached hydrogens (tertiary/aromatic N) is 1. The van der Waals surface area contributed by atoms with Gasteiger partial charge in [-0.25, -0.2) is 0 Å². The SMILES string of the molecule is N=C(N)Nc1ccc(C(=O)Nc2ccccc2OC(CC(=O)O)c2cccnc2)cc1. The molecule has 6 N–H and O–H groups in total. The number of ether oxygens (including phenoxy) is 1. The molecular formula is C22H21N5O4. The standard InChI is InChI=1S/C22H21N5O4/c23-22(24)26-16-9-7-14(8-10-16)21(30)27-17-5-1-2-6-18(17)31-19(12-20(28)29)15-4-3-11-25-13-15/h1-11,13,19H,12H2,(H,27,30)(H,28,29)(H4,23,24,26). The molecule has 1 amide bonds. The third-order valence-electron chi connectivity index (χ3n) is 4.25. The number of hydrogen-bond donors (Lipinski definition) is 5. The molecular weight excluding hydrogens is 398 g/mol. The third-order valence-corrected chi connectivity index (χ3v) is 4.25. The highest BCUT2D eigenvalue weighted by atomic mass is 16.5. The Bertz CT molecular complexity index is 1070. The summed E-state index contributed by atoms with van der Waals surface area (Å²) in [6.45, 7) is 0. The number of aliphatic carboxylic acids is 1. The maximum Gasteiger partial charge on any atom is 0.307 e. The highest BCUT2D eigenvalue weighted by molar-refractivity contribution is 6.05. The zero-order chi connectivity index (χ0) is 22.2. The van der Waals surface area contributed by atoms with Crippen molar-refractivity contribution in [2.45, 2.75) is 12.5 Å². The molecule has 0 aliphatic rings. The number of para-hydroxylation sites is 2. The van der Waals surface area contributed by atoms with E-state index in [4.69, 9.17) is 15.9 Å². The number of anilines is 2. The predicted octanol–water partition coefficient (Wildman–Crippen LogP) is 3.23. The molecule has 31 heavy (non-hydrogen) atoms. The van der Waals surface area contributed by atoms with Crippen LogP contribution in [-0.2, 0) is 4.79 Å². The number of carbonyl (C=O) groups excluding carboxylic acids is 1. The number of carbonyl (C=O) groups is 2. The number of hydrogen-bond acceptors (Lipinski definition) is 5. The Labute approximate surface area is 178 Å². The molecule has 9 nitrogen and oxygen atoms in total. The van der Waals surface area contributed by atoms with Crippen LogP contribution in [0.2, 0.25) is 0 Å². The molecule has 0 bridgehead atoms. The van der Waals surface area contributed by atoms with Crippen LogP contribution in [0.15, 0.2) is 73.1 Å². The topological polar surface area (TPSA) is 150 Å². The van der Waals surface area contributed by atoms with Crippen molar-refractivity contribution in [3.05, 3.63) is 84.2 Å². The molecule has 3 aromatic rings. The monoisotopic (exact) mass is 419 g/mol. The van der Waals surface area contributed by atoms with Crippen molar-refractivity contribution in [2.75, 3.05) is 10.6 Å². The number of guanidine groups is 1. The second-order valence-electron chi connectivity index (χ2n) is 6.56. The third kappa shape index (κ3) is 6.04. The number of carboxylic acid groups (broad SMARTS) is 1. The van der Waals surface area contributed by atoms with E-state index in [9.17, 15) is 14.7 Å². The van der Waals surface area contributed by atoms with Crippen molar-refractivity contribution in [3.63, 3.8) is 0 Å². The van der Waals surface area contributed by atoms with Gasteiger partial charge >= 0.3 is 5.97 Å². The zero-order valence-electron chi connectivity index (χ0n) is 16.4. The van der Waals surface area contributed by atoms with Crippen LogP contribution in [0.25, 0.3) is 0 Å². The summed E-state index contributed by atoms with van der Waals surface area (Å²) in [5.74, 6) is -1.26. The molecule has 9 heteroatoms. The van der Waals surface area contributed by atoms with Gasteiger partial charge < -0.3 is 26.2 Å². The van der Waals surface area contributed by atoms with Crippen LogP contribution in [0.3, 0.4) is 0 Å². The molecule has 2 aromatic carbocycles. The Hall–Kier alpha value is -4.40. The summed E-state index contributed by atoms with van der Waals surface area (Å²) in [5.41, 5.74) is 7.27. The van der Waals surface area contributed by atoms with E-state index in [0.29, 0.717) is 28.3 Å². The van der Waals surface area contributed by atoms with E-state index in [1.54, 1.807) is 73.1 Å². The Morgan fingerprint density at radius 1 is 1.06 bits per heavy atom. The van der Waals surface area contributed by atoms with Crippen LogP contribution in [0.5, 0.6) is 5.75 Å². The van der Waals surface area contributed by atoms with Crippen LogP contribution in [0.1, 0.15) is 28.4 Å². The molecule has 3 rings (SSSR count). The summed E-state index contributed by atoms with van der Waals surface area (Å²) in [5, 5.41) is 21.9. The minimum Gasteiger partial charge on any atom is -0.483 e. The fourth-order valence-electron chi connectivity index (χ4n) is 2.83. The van der Waals surface area contributed by atoms with Gasteiger partial charge in [0.2, 0.25) is 0 Å². The molecule has 1 heterocycles. The predicted molar refractivity (Wildman–Crippen MR) is 116 cm³/mol. The number of amides is 1. The van der Waals surface area contributed by atoms with E-state index in [1.807, 2.05) is 0 Å². The van der Waals surface area contributed by atoms with Crippen molar-refractivity contribution in [2.24, 2.45) is 5.73 Å². The van der Waals surface area contributed by atoms with Crippen molar-refractivity contribution in [1.29, 1.82) is 5.41 Å². The summed E-state index contributed by atoms with van der Waals surface area (Å²) in [7, 11) is 0. The van der Waals surface area contributed by atoms with Gasteiger partial charge in [0.1, 0.15) is 11.9 Å². The molecule has 0 aliphatic carbocycles. The van der Waals surface area contributed by atoms with Gasteiger partial charge in [-0.05, 0) is 42.5 Å². The number of pyridine rings is 1. The molecule has 0 radical (unpaired) electrons. The summed E-state index contributed by atoms with van der Waals surface area (Å²) in [6.07, 6.45) is 2.10. The van der Waals surface area contributed by atoms with Crippen molar-refractivity contribution in [3.8, 4) is 5.75 Å². The molecule has 1 aromatic heterocycles. The van der Waals surface area contributed by atoms with E-state index in [0.717, 1.165) is 0 Å². The van der Waals surface area contributed by atoms with Crippen LogP contribution in [0, 0.1) is 5.41 Å². The van der Waals surface area contributed by atoms with Gasteiger partial charge in [0.05, 0.1) is 12.1 Å². The van der Waals surface area contributed by atoms with Crippen LogP contribution >= 0.6 is 0 Å². The molecule has 158 valence electrons. The second-order valence-corrected chi connectivity index (χ2v) is 6.56. The Morgan fingerprint density at radius 2 is 1.81 bits per heavy atom. The number of nitrogens with two attached hydrogens (primary N) is 1. The Morgan fingerprint density at radius 3 is 2.45 bits per heavy atom. The number of nitrogens with one attached hydrogen (secondary N) is 3. The molecule has 0 fully saturated rings. The lowest BCUT2D eigenvalue weighted by Gasteiger charge is -2.20. The van der Waals surface area contributed by atoms with E-state index >= 15 is 0 Å². The van der Waals surface area contributed by atoms with Crippen LogP contribution in [0.4, 0.5) is 11.4 Å². The maximum absolute atomic E-state index is 12.7. The van der Waals surface area contributed by atoms with Gasteiger partial charge in [0.15, 0.2) is 5.96 Å². The second kappa shape index (κ2) is 9.88. The minimum absolute atomic E-state index is 0.201. The zero-order valence-corrected chi connectivity index (χ0v) is 16.4. The molecule has 0 aliphatic heterocycles. The van der Waals surface area contributed by atoms with E-state index in [1.165, 1.54) is 0 Å². The van der Waals surface area contributed by atoms with Gasteiger partial charge in [-0.2, -0.15) is 0 Å². The Kier molecular flexibility index (Phi) is 6.79. The van der Waals surface area contributed by atoms with E-state index in [-0.39, 0.29) is 18.3 Å². The van der Waals surface area contributed by atoms with Crippen LogP contribution in [-0.4, -0.2) is 27.9 Å². The summed E-state index contributed by atoms with van der Waals surface area (Å²) in [4.78, 5) is 28.0. The first-order valence-corrected chi connectivity index (χ1v) is 9.32. The normalized spacial score (nSPS) is 11.2. The molecule has 1 atom stereocenters. The van der Waals surface area contributed by atoms with Crippen molar-refractivity contribution in [1.82, 2.24) is 4.98 Å². The summed E-state index contributed by atoms with van der Waals surface area (Å²) in [6, 6.07) is 16.7. The van der Waals surface area contributed by atoms with Crippen molar-refractivity contribution >= 4 is 29.2 Å². The fraction of sp³-hybridized carbons (Fsp3) is 0.0909. The van der Waals surface area contributed by atoms with Gasteiger partial charge in [0, 0.05) is 29.2 Å². The number of aromatic nitrogens is 1. The number of benzene rings is 2. The Balaban J connectivity index is 1.78.